The first-order chi connectivity index (χ1) is 15.9. The largest absolute Gasteiger partial charge is 0.495 e. The Kier molecular flexibility index (Phi) is 6.80. The standard InChI is InChI=1S/C23H24ClFN4O4/c1-32-8-7-26-22(30)17-5-6-20-18(21(17)33-2)13-29(27-20)12-14-10-28(11-14)23(31)16-4-3-15(24)9-19(16)25/h3-6,9,13-14H,7-8,10-12H2,1-2H3,(H,26,30). The summed E-state index contributed by atoms with van der Waals surface area (Å²) in [6, 6.07) is 7.51. The zero-order valence-electron chi connectivity index (χ0n) is 18.3. The third-order valence-corrected chi connectivity index (χ3v) is 5.81. The normalized spacial score (nSPS) is 13.8. The van der Waals surface area contributed by atoms with Crippen LogP contribution in [0.3, 0.4) is 0 Å². The second-order valence-corrected chi connectivity index (χ2v) is 8.32. The van der Waals surface area contributed by atoms with Crippen molar-refractivity contribution in [1.82, 2.24) is 20.0 Å². The summed E-state index contributed by atoms with van der Waals surface area (Å²) in [7, 11) is 3.09. The number of hydrogen-bond donors (Lipinski definition) is 1. The van der Waals surface area contributed by atoms with E-state index in [1.54, 1.807) is 28.8 Å². The first kappa shape index (κ1) is 23.0. The molecule has 2 aromatic carbocycles. The Morgan fingerprint density at radius 3 is 2.67 bits per heavy atom. The molecule has 0 atom stereocenters. The number of carbonyl (C=O) groups excluding carboxylic acids is 2. The molecule has 2 amide bonds. The molecule has 1 saturated heterocycles. The number of hydrogen-bond acceptors (Lipinski definition) is 5. The summed E-state index contributed by atoms with van der Waals surface area (Å²) >= 11 is 5.76. The van der Waals surface area contributed by atoms with E-state index in [9.17, 15) is 14.0 Å². The van der Waals surface area contributed by atoms with E-state index in [4.69, 9.17) is 21.1 Å². The summed E-state index contributed by atoms with van der Waals surface area (Å²) in [5, 5.41) is 8.35. The smallest absolute Gasteiger partial charge is 0.256 e. The van der Waals surface area contributed by atoms with Crippen LogP contribution in [0.25, 0.3) is 10.9 Å². The van der Waals surface area contributed by atoms with Gasteiger partial charge in [-0.05, 0) is 30.3 Å². The van der Waals surface area contributed by atoms with Crippen LogP contribution in [0.1, 0.15) is 20.7 Å². The van der Waals surface area contributed by atoms with E-state index in [-0.39, 0.29) is 28.3 Å². The Hall–Kier alpha value is -3.17. The first-order valence-electron chi connectivity index (χ1n) is 10.5. The number of rotatable bonds is 8. The van der Waals surface area contributed by atoms with Crippen LogP contribution in [-0.4, -0.2) is 67.0 Å². The van der Waals surface area contributed by atoms with E-state index in [0.717, 1.165) is 11.5 Å². The fraction of sp³-hybridized carbons (Fsp3) is 0.348. The number of amides is 2. The first-order valence-corrected chi connectivity index (χ1v) is 10.8. The summed E-state index contributed by atoms with van der Waals surface area (Å²) in [5.74, 6) is -0.583. The van der Waals surface area contributed by atoms with Crippen molar-refractivity contribution in [2.24, 2.45) is 5.92 Å². The maximum absolute atomic E-state index is 14.0. The highest BCUT2D eigenvalue weighted by Gasteiger charge is 2.33. The van der Waals surface area contributed by atoms with Gasteiger partial charge in [0.25, 0.3) is 11.8 Å². The van der Waals surface area contributed by atoms with E-state index < -0.39 is 5.82 Å². The molecule has 0 bridgehead atoms. The van der Waals surface area contributed by atoms with Gasteiger partial charge < -0.3 is 19.7 Å². The van der Waals surface area contributed by atoms with Gasteiger partial charge in [0.1, 0.15) is 11.6 Å². The highest BCUT2D eigenvalue weighted by Crippen LogP contribution is 2.30. The monoisotopic (exact) mass is 474 g/mol. The van der Waals surface area contributed by atoms with Gasteiger partial charge in [0.05, 0.1) is 35.7 Å². The lowest BCUT2D eigenvalue weighted by atomic mass is 9.98. The molecule has 1 fully saturated rings. The molecule has 0 radical (unpaired) electrons. The summed E-state index contributed by atoms with van der Waals surface area (Å²) in [4.78, 5) is 26.6. The van der Waals surface area contributed by atoms with Crippen LogP contribution in [0.2, 0.25) is 5.02 Å². The van der Waals surface area contributed by atoms with E-state index >= 15 is 0 Å². The van der Waals surface area contributed by atoms with Gasteiger partial charge >= 0.3 is 0 Å². The van der Waals surface area contributed by atoms with Crippen molar-refractivity contribution in [3.8, 4) is 5.75 Å². The number of likely N-dealkylation sites (tertiary alicyclic amines) is 1. The van der Waals surface area contributed by atoms with E-state index in [1.807, 2.05) is 6.20 Å². The van der Waals surface area contributed by atoms with E-state index in [1.165, 1.54) is 19.2 Å². The Morgan fingerprint density at radius 1 is 1.21 bits per heavy atom. The highest BCUT2D eigenvalue weighted by atomic mass is 35.5. The molecule has 1 aliphatic heterocycles. The number of ether oxygens (including phenoxy) is 2. The molecule has 0 saturated carbocycles. The Morgan fingerprint density at radius 2 is 1.97 bits per heavy atom. The molecule has 33 heavy (non-hydrogen) atoms. The highest BCUT2D eigenvalue weighted by molar-refractivity contribution is 6.30. The predicted molar refractivity (Wildman–Crippen MR) is 121 cm³/mol. The molecule has 10 heteroatoms. The Labute approximate surface area is 195 Å². The van der Waals surface area contributed by atoms with Gasteiger partial charge in [-0.3, -0.25) is 14.3 Å². The SMILES string of the molecule is COCCNC(=O)c1ccc2nn(CC3CN(C(=O)c4ccc(Cl)cc4F)C3)cc2c1OC. The number of carbonyl (C=O) groups is 2. The number of aromatic nitrogens is 2. The van der Waals surface area contributed by atoms with Crippen LogP contribution in [0.4, 0.5) is 4.39 Å². The number of methoxy groups -OCH3 is 2. The number of halogens is 2. The van der Waals surface area contributed by atoms with Crippen molar-refractivity contribution in [2.45, 2.75) is 6.54 Å². The second-order valence-electron chi connectivity index (χ2n) is 7.88. The number of benzene rings is 2. The van der Waals surface area contributed by atoms with Gasteiger partial charge in [0.15, 0.2) is 0 Å². The molecule has 2 heterocycles. The van der Waals surface area contributed by atoms with Crippen molar-refractivity contribution < 1.29 is 23.5 Å². The Bertz CT molecular complexity index is 1190. The fourth-order valence-electron chi connectivity index (χ4n) is 3.92. The molecule has 174 valence electrons. The average molecular weight is 475 g/mol. The minimum Gasteiger partial charge on any atom is -0.495 e. The van der Waals surface area contributed by atoms with Crippen LogP contribution >= 0.6 is 11.6 Å². The van der Waals surface area contributed by atoms with Crippen molar-refractivity contribution in [2.75, 3.05) is 40.5 Å². The number of fused-ring (bicyclic) bond motifs is 1. The topological polar surface area (TPSA) is 85.7 Å². The zero-order chi connectivity index (χ0) is 23.5. The molecule has 1 aliphatic rings. The van der Waals surface area contributed by atoms with Gasteiger partial charge in [-0.1, -0.05) is 11.6 Å². The lowest BCUT2D eigenvalue weighted by Gasteiger charge is -2.39. The molecule has 8 nitrogen and oxygen atoms in total. The maximum atomic E-state index is 14.0. The third kappa shape index (κ3) is 4.79. The van der Waals surface area contributed by atoms with Crippen LogP contribution in [0.15, 0.2) is 36.5 Å². The molecule has 1 N–H and O–H groups in total. The number of nitrogens with one attached hydrogen (secondary N) is 1. The molecule has 0 aliphatic carbocycles. The quantitative estimate of drug-likeness (QED) is 0.507. The molecular formula is C23H24ClFN4O4. The summed E-state index contributed by atoms with van der Waals surface area (Å²) in [5.41, 5.74) is 1.14. The fourth-order valence-corrected chi connectivity index (χ4v) is 4.08. The number of nitrogens with zero attached hydrogens (tertiary/aromatic N) is 3. The predicted octanol–water partition coefficient (Wildman–Crippen LogP) is 2.99. The van der Waals surface area contributed by atoms with Gasteiger partial charge in [-0.2, -0.15) is 5.10 Å². The lowest BCUT2D eigenvalue weighted by molar-refractivity contribution is 0.0457. The van der Waals surface area contributed by atoms with Gasteiger partial charge in [-0.25, -0.2) is 4.39 Å². The minimum absolute atomic E-state index is 0.0173. The third-order valence-electron chi connectivity index (χ3n) is 5.58. The molecule has 3 aromatic rings. The van der Waals surface area contributed by atoms with Gasteiger partial charge in [-0.15, -0.1) is 0 Å². The van der Waals surface area contributed by atoms with E-state index in [0.29, 0.717) is 49.6 Å². The van der Waals surface area contributed by atoms with Crippen LogP contribution in [0.5, 0.6) is 5.75 Å². The van der Waals surface area contributed by atoms with Crippen molar-refractivity contribution >= 4 is 34.3 Å². The Balaban J connectivity index is 1.42. The van der Waals surface area contributed by atoms with E-state index in [2.05, 4.69) is 10.4 Å². The van der Waals surface area contributed by atoms with Gasteiger partial charge in [0.2, 0.25) is 0 Å². The average Bonchev–Trinajstić information content (AvgIpc) is 3.17. The molecule has 0 unspecified atom stereocenters. The zero-order valence-corrected chi connectivity index (χ0v) is 19.1. The van der Waals surface area contributed by atoms with Gasteiger partial charge in [0, 0.05) is 50.4 Å². The molecule has 4 rings (SSSR count). The van der Waals surface area contributed by atoms with Crippen molar-refractivity contribution in [3.05, 3.63) is 58.5 Å². The second kappa shape index (κ2) is 9.76. The van der Waals surface area contributed by atoms with Crippen LogP contribution in [-0.2, 0) is 11.3 Å². The van der Waals surface area contributed by atoms with Crippen molar-refractivity contribution in [3.63, 3.8) is 0 Å². The van der Waals surface area contributed by atoms with Crippen molar-refractivity contribution in [1.29, 1.82) is 0 Å². The summed E-state index contributed by atoms with van der Waals surface area (Å²) < 4.78 is 26.3. The molecular weight excluding hydrogens is 451 g/mol. The minimum atomic E-state index is -0.622. The lowest BCUT2D eigenvalue weighted by Crippen LogP contribution is -2.51. The molecule has 0 spiro atoms. The maximum Gasteiger partial charge on any atom is 0.256 e. The molecule has 1 aromatic heterocycles. The van der Waals surface area contributed by atoms with Crippen LogP contribution < -0.4 is 10.1 Å². The van der Waals surface area contributed by atoms with Crippen LogP contribution in [0, 0.1) is 11.7 Å². The summed E-state index contributed by atoms with van der Waals surface area (Å²) in [6.45, 7) is 2.40. The summed E-state index contributed by atoms with van der Waals surface area (Å²) in [6.07, 6.45) is 1.84.